The minimum absolute atomic E-state index is 0.189. The zero-order valence-electron chi connectivity index (χ0n) is 16.3. The molecule has 2 aromatic heterocycles. The lowest BCUT2D eigenvalue weighted by atomic mass is 10.2. The number of aryl methyl sites for hydroxylation is 1. The summed E-state index contributed by atoms with van der Waals surface area (Å²) in [6, 6.07) is 9.05. The molecule has 3 rings (SSSR count). The summed E-state index contributed by atoms with van der Waals surface area (Å²) in [4.78, 5) is 40.0. The Balaban J connectivity index is 2.02. The molecule has 152 valence electrons. The van der Waals surface area contributed by atoms with Crippen LogP contribution in [0.5, 0.6) is 0 Å². The van der Waals surface area contributed by atoms with E-state index in [9.17, 15) is 14.4 Å². The number of hydrogen-bond donors (Lipinski definition) is 2. The van der Waals surface area contributed by atoms with Gasteiger partial charge >= 0.3 is 11.7 Å². The fourth-order valence-corrected chi connectivity index (χ4v) is 3.65. The second-order valence-corrected chi connectivity index (χ2v) is 7.68. The van der Waals surface area contributed by atoms with E-state index in [0.29, 0.717) is 23.3 Å². The molecule has 0 radical (unpaired) electrons. The third-order valence-electron chi connectivity index (χ3n) is 4.03. The maximum Gasteiger partial charge on any atom is 0.325 e. The van der Waals surface area contributed by atoms with Crippen LogP contribution in [-0.4, -0.2) is 42.6 Å². The number of hydrogen-bond acceptors (Lipinski definition) is 7. The van der Waals surface area contributed by atoms with Crippen molar-refractivity contribution < 1.29 is 9.53 Å². The van der Waals surface area contributed by atoms with Gasteiger partial charge in [0.15, 0.2) is 5.16 Å². The molecule has 0 aliphatic rings. The van der Waals surface area contributed by atoms with Crippen molar-refractivity contribution in [3.8, 4) is 5.69 Å². The Morgan fingerprint density at radius 1 is 1.24 bits per heavy atom. The van der Waals surface area contributed by atoms with E-state index in [-0.39, 0.29) is 12.4 Å². The summed E-state index contributed by atoms with van der Waals surface area (Å²) in [6.45, 7) is 5.77. The smallest absolute Gasteiger partial charge is 0.325 e. The fraction of sp³-hybridized carbons (Fsp3) is 0.316. The fourth-order valence-electron chi connectivity index (χ4n) is 2.77. The Morgan fingerprint density at radius 3 is 2.72 bits per heavy atom. The topological polar surface area (TPSA) is 123 Å². The largest absolute Gasteiger partial charge is 0.465 e. The second-order valence-electron chi connectivity index (χ2n) is 6.38. The molecule has 29 heavy (non-hydrogen) atoms. The maximum atomic E-state index is 12.0. The van der Waals surface area contributed by atoms with Gasteiger partial charge in [0.2, 0.25) is 0 Å². The molecule has 1 aromatic carbocycles. The molecule has 0 aliphatic heterocycles. The van der Waals surface area contributed by atoms with Crippen LogP contribution >= 0.6 is 11.8 Å². The van der Waals surface area contributed by atoms with Gasteiger partial charge < -0.3 is 9.72 Å². The molecular weight excluding hydrogens is 394 g/mol. The van der Waals surface area contributed by atoms with E-state index in [1.807, 2.05) is 35.8 Å². The van der Waals surface area contributed by atoms with Gasteiger partial charge in [-0.3, -0.25) is 19.1 Å². The van der Waals surface area contributed by atoms with Gasteiger partial charge in [-0.1, -0.05) is 23.9 Å². The molecule has 0 spiro atoms. The highest BCUT2D eigenvalue weighted by molar-refractivity contribution is 8.00. The highest BCUT2D eigenvalue weighted by atomic mass is 32.2. The summed E-state index contributed by atoms with van der Waals surface area (Å²) in [5.74, 6) is 0.187. The summed E-state index contributed by atoms with van der Waals surface area (Å²) in [6.07, 6.45) is 0.189. The Hall–Kier alpha value is -3.14. The quantitative estimate of drug-likeness (QED) is 0.444. The number of carbonyl (C=O) groups excluding carboxylic acids is 1. The van der Waals surface area contributed by atoms with E-state index in [1.54, 1.807) is 13.8 Å². The van der Waals surface area contributed by atoms with Crippen LogP contribution in [0.1, 0.15) is 30.9 Å². The zero-order valence-corrected chi connectivity index (χ0v) is 17.1. The van der Waals surface area contributed by atoms with Crippen molar-refractivity contribution in [1.29, 1.82) is 0 Å². The van der Waals surface area contributed by atoms with Crippen molar-refractivity contribution in [2.75, 3.05) is 6.61 Å². The predicted molar refractivity (Wildman–Crippen MR) is 109 cm³/mol. The Labute approximate surface area is 170 Å². The number of aromatic nitrogens is 5. The number of esters is 1. The summed E-state index contributed by atoms with van der Waals surface area (Å²) in [5.41, 5.74) is 1.20. The number of ether oxygens (including phenoxy) is 1. The molecule has 0 bridgehead atoms. The first-order valence-corrected chi connectivity index (χ1v) is 9.92. The molecule has 0 amide bonds. The summed E-state index contributed by atoms with van der Waals surface area (Å²) in [5, 5.41) is 8.51. The standard InChI is InChI=1S/C19H21N5O4S/c1-4-28-17(26)12(3)29-19-23-22-15(9-13-10-16(25)21-18(27)20-13)24(19)14-7-5-6-11(2)8-14/h5-8,10,12H,4,9H2,1-3H3,(H2,20,21,25,27)/t12-/m1/s1. The molecule has 9 nitrogen and oxygen atoms in total. The normalized spacial score (nSPS) is 12.0. The minimum atomic E-state index is -0.584. The van der Waals surface area contributed by atoms with E-state index in [0.717, 1.165) is 11.3 Å². The first-order chi connectivity index (χ1) is 13.9. The van der Waals surface area contributed by atoms with Gasteiger partial charge in [-0.2, -0.15) is 0 Å². The third-order valence-corrected chi connectivity index (χ3v) is 5.05. The number of rotatable bonds is 7. The highest BCUT2D eigenvalue weighted by Crippen LogP contribution is 2.27. The molecule has 0 unspecified atom stereocenters. The van der Waals surface area contributed by atoms with Crippen molar-refractivity contribution in [3.05, 3.63) is 68.3 Å². The molecule has 1 atom stereocenters. The first kappa shape index (κ1) is 20.6. The van der Waals surface area contributed by atoms with Crippen LogP contribution in [0.4, 0.5) is 0 Å². The predicted octanol–water partition coefficient (Wildman–Crippen LogP) is 1.59. The van der Waals surface area contributed by atoms with E-state index < -0.39 is 16.5 Å². The van der Waals surface area contributed by atoms with Crippen molar-refractivity contribution in [3.63, 3.8) is 0 Å². The van der Waals surface area contributed by atoms with E-state index in [2.05, 4.69) is 20.2 Å². The van der Waals surface area contributed by atoms with Gasteiger partial charge in [-0.05, 0) is 38.5 Å². The van der Waals surface area contributed by atoms with Crippen molar-refractivity contribution in [1.82, 2.24) is 24.7 Å². The van der Waals surface area contributed by atoms with E-state index in [1.165, 1.54) is 17.8 Å². The van der Waals surface area contributed by atoms with Crippen LogP contribution in [-0.2, 0) is 16.0 Å². The Kier molecular flexibility index (Phi) is 6.32. The third kappa shape index (κ3) is 5.02. The summed E-state index contributed by atoms with van der Waals surface area (Å²) >= 11 is 1.23. The van der Waals surface area contributed by atoms with Crippen molar-refractivity contribution >= 4 is 17.7 Å². The lowest BCUT2D eigenvalue weighted by Gasteiger charge is -2.13. The average molecular weight is 415 g/mol. The van der Waals surface area contributed by atoms with Gasteiger partial charge in [-0.15, -0.1) is 10.2 Å². The number of thioether (sulfide) groups is 1. The van der Waals surface area contributed by atoms with Crippen LogP contribution in [0.2, 0.25) is 0 Å². The second kappa shape index (κ2) is 8.91. The van der Waals surface area contributed by atoms with Gasteiger partial charge in [0, 0.05) is 23.9 Å². The lowest BCUT2D eigenvalue weighted by Crippen LogP contribution is -2.23. The summed E-state index contributed by atoms with van der Waals surface area (Å²) < 4.78 is 6.89. The molecule has 2 N–H and O–H groups in total. The van der Waals surface area contributed by atoms with Crippen molar-refractivity contribution in [2.24, 2.45) is 0 Å². The number of H-pyrrole nitrogens is 2. The van der Waals surface area contributed by atoms with Crippen LogP contribution in [0.3, 0.4) is 0 Å². The number of benzene rings is 1. The van der Waals surface area contributed by atoms with Crippen LogP contribution in [0.25, 0.3) is 5.69 Å². The molecule has 0 saturated heterocycles. The summed E-state index contributed by atoms with van der Waals surface area (Å²) in [7, 11) is 0. The number of carbonyl (C=O) groups is 1. The Morgan fingerprint density at radius 2 is 2.03 bits per heavy atom. The number of nitrogens with zero attached hydrogens (tertiary/aromatic N) is 3. The monoisotopic (exact) mass is 415 g/mol. The molecular formula is C19H21N5O4S. The molecule has 10 heteroatoms. The van der Waals surface area contributed by atoms with Crippen LogP contribution in [0.15, 0.2) is 45.1 Å². The minimum Gasteiger partial charge on any atom is -0.465 e. The van der Waals surface area contributed by atoms with Gasteiger partial charge in [0.05, 0.1) is 6.61 Å². The zero-order chi connectivity index (χ0) is 21.0. The lowest BCUT2D eigenvalue weighted by molar-refractivity contribution is -0.142. The first-order valence-electron chi connectivity index (χ1n) is 9.04. The van der Waals surface area contributed by atoms with Crippen LogP contribution in [0, 0.1) is 6.92 Å². The number of nitrogens with one attached hydrogen (secondary N) is 2. The Bertz CT molecular complexity index is 1110. The molecule has 3 aromatic rings. The van der Waals surface area contributed by atoms with Gasteiger partial charge in [-0.25, -0.2) is 4.79 Å². The van der Waals surface area contributed by atoms with Crippen LogP contribution < -0.4 is 11.2 Å². The molecule has 0 aliphatic carbocycles. The average Bonchev–Trinajstić information content (AvgIpc) is 3.03. The van der Waals surface area contributed by atoms with Crippen molar-refractivity contribution in [2.45, 2.75) is 37.6 Å². The number of aromatic amines is 2. The van der Waals surface area contributed by atoms with Gasteiger partial charge in [0.25, 0.3) is 5.56 Å². The maximum absolute atomic E-state index is 12.0. The molecule has 0 fully saturated rings. The van der Waals surface area contributed by atoms with E-state index in [4.69, 9.17) is 4.74 Å². The van der Waals surface area contributed by atoms with Gasteiger partial charge in [0.1, 0.15) is 11.1 Å². The molecule has 2 heterocycles. The highest BCUT2D eigenvalue weighted by Gasteiger charge is 2.22. The molecule has 0 saturated carbocycles. The van der Waals surface area contributed by atoms with E-state index >= 15 is 0 Å². The SMILES string of the molecule is CCOC(=O)[C@@H](C)Sc1nnc(Cc2cc(=O)[nH]c(=O)[nH]2)n1-c1cccc(C)c1.